The van der Waals surface area contributed by atoms with Gasteiger partial charge in [0.05, 0.1) is 13.2 Å². The minimum absolute atomic E-state index is 0. The first kappa shape index (κ1) is 23.2. The van der Waals surface area contributed by atoms with Crippen LogP contribution in [0.1, 0.15) is 26.7 Å². The van der Waals surface area contributed by atoms with Crippen LogP contribution in [-0.4, -0.2) is 72.1 Å². The number of nitrogens with zero attached hydrogens (tertiary/aromatic N) is 3. The Balaban J connectivity index is 0.00000169. The molecule has 3 heterocycles. The molecular formula is C17H31Cl2N5O2. The van der Waals surface area contributed by atoms with Crippen molar-refractivity contribution in [2.75, 3.05) is 39.4 Å². The second-order valence-electron chi connectivity index (χ2n) is 6.88. The van der Waals surface area contributed by atoms with Gasteiger partial charge in [-0.05, 0) is 45.8 Å². The highest BCUT2D eigenvalue weighted by Gasteiger charge is 2.42. The van der Waals surface area contributed by atoms with Gasteiger partial charge < -0.3 is 15.4 Å². The fraction of sp³-hybridized carbons (Fsp3) is 0.765. The average Bonchev–Trinajstić information content (AvgIpc) is 3.17. The molecule has 1 aromatic rings. The van der Waals surface area contributed by atoms with Crippen molar-refractivity contribution in [1.29, 1.82) is 0 Å². The lowest BCUT2D eigenvalue weighted by Crippen LogP contribution is -2.59. The Kier molecular flexibility index (Phi) is 9.33. The third-order valence-corrected chi connectivity index (χ3v) is 5.50. The molecule has 26 heavy (non-hydrogen) atoms. The number of hydrogen-bond acceptors (Lipinski definition) is 5. The molecule has 0 bridgehead atoms. The summed E-state index contributed by atoms with van der Waals surface area (Å²) in [6.07, 6.45) is 5.18. The summed E-state index contributed by atoms with van der Waals surface area (Å²) in [5, 5.41) is 11.0. The molecular weight excluding hydrogens is 377 g/mol. The molecule has 0 aromatic carbocycles. The van der Waals surface area contributed by atoms with E-state index in [-0.39, 0.29) is 42.8 Å². The van der Waals surface area contributed by atoms with E-state index in [1.54, 1.807) is 6.20 Å². The molecule has 2 unspecified atom stereocenters. The van der Waals surface area contributed by atoms with Crippen LogP contribution in [-0.2, 0) is 15.1 Å². The van der Waals surface area contributed by atoms with E-state index in [2.05, 4.69) is 34.5 Å². The van der Waals surface area contributed by atoms with Crippen LogP contribution < -0.4 is 10.6 Å². The molecule has 9 heteroatoms. The van der Waals surface area contributed by atoms with Gasteiger partial charge in [-0.25, -0.2) is 0 Å². The zero-order chi connectivity index (χ0) is 17.0. The Morgan fingerprint density at radius 1 is 1.23 bits per heavy atom. The van der Waals surface area contributed by atoms with Crippen LogP contribution in [0.15, 0.2) is 18.5 Å². The fourth-order valence-corrected chi connectivity index (χ4v) is 3.69. The Bertz CT molecular complexity index is 531. The van der Waals surface area contributed by atoms with E-state index in [9.17, 15) is 4.79 Å². The van der Waals surface area contributed by atoms with E-state index in [0.29, 0.717) is 0 Å². The molecule has 2 saturated heterocycles. The standard InChI is InChI=1S/C17H29N5O2.2ClH/c1-14(15(2)21-10-12-24-13-11-21)20-16(23)17(4-7-18-8-5-17)22-9-3-6-19-22;;/h3,6,9,14-15,18H,4-5,7-8,10-13H2,1-2H3,(H,20,23);2*1H. The fourth-order valence-electron chi connectivity index (χ4n) is 3.69. The molecule has 7 nitrogen and oxygen atoms in total. The predicted molar refractivity (Wildman–Crippen MR) is 106 cm³/mol. The Morgan fingerprint density at radius 2 is 1.88 bits per heavy atom. The maximum Gasteiger partial charge on any atom is 0.248 e. The molecule has 0 saturated carbocycles. The molecule has 2 atom stereocenters. The van der Waals surface area contributed by atoms with Crippen LogP contribution in [0.4, 0.5) is 0 Å². The minimum atomic E-state index is -0.576. The van der Waals surface area contributed by atoms with Crippen molar-refractivity contribution >= 4 is 30.7 Å². The van der Waals surface area contributed by atoms with Gasteiger partial charge in [0.2, 0.25) is 5.91 Å². The summed E-state index contributed by atoms with van der Waals surface area (Å²) < 4.78 is 7.27. The second kappa shape index (κ2) is 10.5. The third-order valence-electron chi connectivity index (χ3n) is 5.50. The molecule has 150 valence electrons. The number of amides is 1. The van der Waals surface area contributed by atoms with Gasteiger partial charge in [-0.1, -0.05) is 0 Å². The molecule has 2 N–H and O–H groups in total. The number of ether oxygens (including phenoxy) is 1. The van der Waals surface area contributed by atoms with Gasteiger partial charge in [0.15, 0.2) is 0 Å². The summed E-state index contributed by atoms with van der Waals surface area (Å²) in [5.74, 6) is 0.0836. The molecule has 2 fully saturated rings. The number of piperidine rings is 1. The van der Waals surface area contributed by atoms with Gasteiger partial charge in [0, 0.05) is 37.6 Å². The molecule has 1 amide bonds. The smallest absolute Gasteiger partial charge is 0.248 e. The van der Waals surface area contributed by atoms with Crippen molar-refractivity contribution in [3.63, 3.8) is 0 Å². The summed E-state index contributed by atoms with van der Waals surface area (Å²) in [4.78, 5) is 15.6. The number of rotatable bonds is 5. The number of hydrogen-bond donors (Lipinski definition) is 2. The van der Waals surface area contributed by atoms with E-state index < -0.39 is 5.54 Å². The summed E-state index contributed by atoms with van der Waals surface area (Å²) in [7, 11) is 0. The highest BCUT2D eigenvalue weighted by molar-refractivity contribution is 5.86. The maximum absolute atomic E-state index is 13.2. The number of morpholine rings is 1. The lowest BCUT2D eigenvalue weighted by Gasteiger charge is -2.40. The van der Waals surface area contributed by atoms with Gasteiger partial charge >= 0.3 is 0 Å². The molecule has 2 aliphatic heterocycles. The molecule has 0 aliphatic carbocycles. The highest BCUT2D eigenvalue weighted by atomic mass is 35.5. The van der Waals surface area contributed by atoms with Crippen LogP contribution >= 0.6 is 24.8 Å². The van der Waals surface area contributed by atoms with Crippen molar-refractivity contribution in [3.8, 4) is 0 Å². The zero-order valence-corrected chi connectivity index (χ0v) is 17.2. The van der Waals surface area contributed by atoms with Gasteiger partial charge in [0.25, 0.3) is 0 Å². The predicted octanol–water partition coefficient (Wildman–Crippen LogP) is 1.03. The Morgan fingerprint density at radius 3 is 2.46 bits per heavy atom. The van der Waals surface area contributed by atoms with Crippen molar-refractivity contribution in [2.24, 2.45) is 0 Å². The van der Waals surface area contributed by atoms with E-state index in [4.69, 9.17) is 4.74 Å². The molecule has 3 rings (SSSR count). The number of aromatic nitrogens is 2. The van der Waals surface area contributed by atoms with Crippen molar-refractivity contribution in [2.45, 2.75) is 44.3 Å². The number of carbonyl (C=O) groups is 1. The van der Waals surface area contributed by atoms with E-state index in [1.807, 2.05) is 16.9 Å². The Hall–Kier alpha value is -0.860. The van der Waals surface area contributed by atoms with Crippen LogP contribution in [0.5, 0.6) is 0 Å². The van der Waals surface area contributed by atoms with Gasteiger partial charge in [-0.15, -0.1) is 24.8 Å². The monoisotopic (exact) mass is 407 g/mol. The lowest BCUT2D eigenvalue weighted by molar-refractivity contribution is -0.133. The third kappa shape index (κ3) is 4.89. The second-order valence-corrected chi connectivity index (χ2v) is 6.88. The van der Waals surface area contributed by atoms with Crippen LogP contribution in [0.25, 0.3) is 0 Å². The normalized spacial score (nSPS) is 22.4. The average molecular weight is 408 g/mol. The quantitative estimate of drug-likeness (QED) is 0.762. The number of halogens is 2. The van der Waals surface area contributed by atoms with Crippen molar-refractivity contribution < 1.29 is 9.53 Å². The number of nitrogens with one attached hydrogen (secondary N) is 2. The Labute approximate surface area is 168 Å². The van der Waals surface area contributed by atoms with Gasteiger partial charge in [0.1, 0.15) is 5.54 Å². The van der Waals surface area contributed by atoms with Crippen LogP contribution in [0.3, 0.4) is 0 Å². The zero-order valence-electron chi connectivity index (χ0n) is 15.5. The van der Waals surface area contributed by atoms with E-state index in [0.717, 1.165) is 52.2 Å². The summed E-state index contributed by atoms with van der Waals surface area (Å²) in [5.41, 5.74) is -0.576. The van der Waals surface area contributed by atoms with E-state index in [1.165, 1.54) is 0 Å². The summed E-state index contributed by atoms with van der Waals surface area (Å²) in [6.45, 7) is 9.34. The minimum Gasteiger partial charge on any atom is -0.379 e. The molecule has 1 aromatic heterocycles. The summed E-state index contributed by atoms with van der Waals surface area (Å²) >= 11 is 0. The first-order valence-corrected chi connectivity index (χ1v) is 8.97. The van der Waals surface area contributed by atoms with Gasteiger partial charge in [-0.2, -0.15) is 5.10 Å². The molecule has 0 radical (unpaired) electrons. The first-order chi connectivity index (χ1) is 11.6. The largest absolute Gasteiger partial charge is 0.379 e. The van der Waals surface area contributed by atoms with Crippen molar-refractivity contribution in [3.05, 3.63) is 18.5 Å². The first-order valence-electron chi connectivity index (χ1n) is 8.97. The SMILES string of the molecule is CC(NC(=O)C1(n2cccn2)CCNCC1)C(C)N1CCOCC1.Cl.Cl. The van der Waals surface area contributed by atoms with E-state index >= 15 is 0 Å². The lowest BCUT2D eigenvalue weighted by atomic mass is 9.87. The highest BCUT2D eigenvalue weighted by Crippen LogP contribution is 2.27. The summed E-state index contributed by atoms with van der Waals surface area (Å²) in [6, 6.07) is 2.25. The van der Waals surface area contributed by atoms with Crippen LogP contribution in [0.2, 0.25) is 0 Å². The van der Waals surface area contributed by atoms with Gasteiger partial charge in [-0.3, -0.25) is 14.4 Å². The maximum atomic E-state index is 13.2. The molecule has 2 aliphatic rings. The van der Waals surface area contributed by atoms with Crippen LogP contribution in [0, 0.1) is 0 Å². The van der Waals surface area contributed by atoms with Crippen molar-refractivity contribution in [1.82, 2.24) is 25.3 Å². The molecule has 0 spiro atoms. The topological polar surface area (TPSA) is 71.4 Å². The number of carbonyl (C=O) groups excluding carboxylic acids is 1.